The van der Waals surface area contributed by atoms with Gasteiger partial charge in [0.05, 0.1) is 37.1 Å². The van der Waals surface area contributed by atoms with Gasteiger partial charge in [-0.3, -0.25) is 9.59 Å². The Hall–Kier alpha value is -3.82. The molecule has 35 heavy (non-hydrogen) atoms. The molecule has 0 atom stereocenters. The summed E-state index contributed by atoms with van der Waals surface area (Å²) in [6, 6.07) is 5.65. The molecule has 0 bridgehead atoms. The van der Waals surface area contributed by atoms with Crippen molar-refractivity contribution in [3.05, 3.63) is 41.7 Å². The molecule has 2 heterocycles. The molecule has 1 aliphatic rings. The molecule has 4 rings (SSSR count). The van der Waals surface area contributed by atoms with E-state index in [0.717, 1.165) is 42.3 Å². The van der Waals surface area contributed by atoms with Gasteiger partial charge in [-0.05, 0) is 50.3 Å². The highest BCUT2D eigenvalue weighted by Gasteiger charge is 2.27. The molecule has 2 amide bonds. The Kier molecular flexibility index (Phi) is 7.38. The molecule has 0 aliphatic heterocycles. The van der Waals surface area contributed by atoms with Crippen molar-refractivity contribution < 1.29 is 19.1 Å². The van der Waals surface area contributed by atoms with Crippen LogP contribution in [0.3, 0.4) is 0 Å². The number of pyridine rings is 1. The van der Waals surface area contributed by atoms with E-state index in [1.807, 2.05) is 25.1 Å². The molecule has 0 radical (unpaired) electrons. The second-order valence-corrected chi connectivity index (χ2v) is 8.71. The fourth-order valence-electron chi connectivity index (χ4n) is 4.58. The maximum Gasteiger partial charge on any atom is 0.255 e. The van der Waals surface area contributed by atoms with Crippen LogP contribution in [0.25, 0.3) is 11.0 Å². The van der Waals surface area contributed by atoms with E-state index in [-0.39, 0.29) is 23.8 Å². The van der Waals surface area contributed by atoms with E-state index in [1.165, 1.54) is 0 Å². The molecule has 2 aromatic heterocycles. The lowest BCUT2D eigenvalue weighted by atomic mass is 9.85. The van der Waals surface area contributed by atoms with Gasteiger partial charge in [0.25, 0.3) is 5.91 Å². The summed E-state index contributed by atoms with van der Waals surface area (Å²) in [7, 11) is 3.16. The fraction of sp³-hybridized carbons (Fsp3) is 0.440. The maximum absolute atomic E-state index is 13.3. The van der Waals surface area contributed by atoms with Crippen molar-refractivity contribution in [1.29, 1.82) is 0 Å². The highest BCUT2D eigenvalue weighted by molar-refractivity contribution is 6.06. The molecule has 0 saturated heterocycles. The molecule has 10 heteroatoms. The molecule has 1 aliphatic carbocycles. The van der Waals surface area contributed by atoms with E-state index < -0.39 is 0 Å². The predicted molar refractivity (Wildman–Crippen MR) is 132 cm³/mol. The zero-order valence-corrected chi connectivity index (χ0v) is 20.3. The Labute approximate surface area is 204 Å². The molecule has 1 aromatic carbocycles. The van der Waals surface area contributed by atoms with E-state index >= 15 is 0 Å². The first-order valence-corrected chi connectivity index (χ1v) is 11.8. The summed E-state index contributed by atoms with van der Waals surface area (Å²) in [6.45, 7) is 2.98. The first-order valence-electron chi connectivity index (χ1n) is 11.8. The molecule has 10 nitrogen and oxygen atoms in total. The van der Waals surface area contributed by atoms with E-state index in [9.17, 15) is 9.59 Å². The monoisotopic (exact) mass is 480 g/mol. The van der Waals surface area contributed by atoms with Crippen molar-refractivity contribution >= 4 is 28.5 Å². The minimum atomic E-state index is -0.244. The number of aryl methyl sites for hydroxylation is 1. The van der Waals surface area contributed by atoms with Gasteiger partial charge in [-0.1, -0.05) is 6.07 Å². The highest BCUT2D eigenvalue weighted by atomic mass is 16.5. The van der Waals surface area contributed by atoms with E-state index in [4.69, 9.17) is 15.2 Å². The van der Waals surface area contributed by atoms with Crippen LogP contribution in [0.2, 0.25) is 0 Å². The number of amides is 2. The lowest BCUT2D eigenvalue weighted by Gasteiger charge is -2.29. The number of fused-ring (bicyclic) bond motifs is 1. The Morgan fingerprint density at radius 2 is 1.86 bits per heavy atom. The number of hydrogen-bond acceptors (Lipinski definition) is 7. The fourth-order valence-corrected chi connectivity index (χ4v) is 4.58. The molecule has 0 unspecified atom stereocenters. The van der Waals surface area contributed by atoms with Crippen LogP contribution < -0.4 is 25.8 Å². The second kappa shape index (κ2) is 10.6. The van der Waals surface area contributed by atoms with Crippen LogP contribution in [0.1, 0.15) is 48.5 Å². The van der Waals surface area contributed by atoms with Crippen LogP contribution >= 0.6 is 0 Å². The third kappa shape index (κ3) is 5.16. The molecule has 0 spiro atoms. The minimum absolute atomic E-state index is 0.0855. The summed E-state index contributed by atoms with van der Waals surface area (Å²) in [4.78, 5) is 29.4. The van der Waals surface area contributed by atoms with Gasteiger partial charge >= 0.3 is 0 Å². The van der Waals surface area contributed by atoms with Crippen molar-refractivity contribution in [1.82, 2.24) is 20.1 Å². The third-order valence-corrected chi connectivity index (χ3v) is 6.59. The van der Waals surface area contributed by atoms with Gasteiger partial charge in [-0.25, -0.2) is 9.67 Å². The van der Waals surface area contributed by atoms with Crippen molar-refractivity contribution in [3.8, 4) is 11.5 Å². The summed E-state index contributed by atoms with van der Waals surface area (Å²) >= 11 is 0. The lowest BCUT2D eigenvalue weighted by Crippen LogP contribution is -2.33. The summed E-state index contributed by atoms with van der Waals surface area (Å²) in [5.74, 6) is 0.657. The van der Waals surface area contributed by atoms with Crippen LogP contribution in [0.4, 0.5) is 5.69 Å². The highest BCUT2D eigenvalue weighted by Crippen LogP contribution is 2.32. The van der Waals surface area contributed by atoms with Gasteiger partial charge in [-0.15, -0.1) is 0 Å². The van der Waals surface area contributed by atoms with Crippen LogP contribution in [0.15, 0.2) is 30.6 Å². The van der Waals surface area contributed by atoms with Crippen molar-refractivity contribution in [2.24, 2.45) is 11.7 Å². The molecule has 1 fully saturated rings. The molecule has 186 valence electrons. The van der Waals surface area contributed by atoms with Crippen LogP contribution in [-0.2, 0) is 17.9 Å². The molecular formula is C25H32N6O4. The minimum Gasteiger partial charge on any atom is -0.493 e. The number of nitrogens with one attached hydrogen (secondary N) is 2. The van der Waals surface area contributed by atoms with Gasteiger partial charge in [-0.2, -0.15) is 5.10 Å². The number of hydrogen-bond donors (Lipinski definition) is 3. The largest absolute Gasteiger partial charge is 0.493 e. The third-order valence-electron chi connectivity index (χ3n) is 6.59. The maximum atomic E-state index is 13.3. The van der Waals surface area contributed by atoms with Gasteiger partial charge in [0.2, 0.25) is 5.91 Å². The molecule has 4 N–H and O–H groups in total. The summed E-state index contributed by atoms with van der Waals surface area (Å²) in [6.07, 6.45) is 6.40. The zero-order chi connectivity index (χ0) is 24.9. The summed E-state index contributed by atoms with van der Waals surface area (Å²) in [5, 5.41) is 11.8. The summed E-state index contributed by atoms with van der Waals surface area (Å²) < 4.78 is 12.4. The predicted octanol–water partition coefficient (Wildman–Crippen LogP) is 2.85. The van der Waals surface area contributed by atoms with Crippen LogP contribution in [-0.4, -0.2) is 46.8 Å². The number of ether oxygens (including phenoxy) is 2. The zero-order valence-electron chi connectivity index (χ0n) is 20.3. The Balaban J connectivity index is 1.57. The number of methoxy groups -OCH3 is 2. The van der Waals surface area contributed by atoms with Gasteiger partial charge in [0, 0.05) is 31.2 Å². The molecular weight excluding hydrogens is 448 g/mol. The van der Waals surface area contributed by atoms with Gasteiger partial charge < -0.3 is 25.8 Å². The lowest BCUT2D eigenvalue weighted by molar-refractivity contribution is -0.122. The number of primary amides is 1. The quantitative estimate of drug-likeness (QED) is 0.429. The van der Waals surface area contributed by atoms with Crippen molar-refractivity contribution in [2.45, 2.75) is 51.7 Å². The van der Waals surface area contributed by atoms with Crippen LogP contribution in [0, 0.1) is 5.92 Å². The number of anilines is 1. The Bertz CT molecular complexity index is 1220. The first kappa shape index (κ1) is 24.3. The first-order chi connectivity index (χ1) is 16.9. The standard InChI is InChI=1S/C25H32N6O4/c1-4-31-24-18(14-29-31)22(30-17-8-6-16(7-9-17)23(26)32)19(13-27-24)25(33)28-12-15-5-10-20(34-2)21(11-15)35-3/h5,10-11,13-14,16-17H,4,6-9,12H2,1-3H3,(H2,26,32)(H,27,30)(H,28,33). The molecule has 3 aromatic rings. The topological polar surface area (TPSA) is 133 Å². The number of nitrogens with two attached hydrogens (primary N) is 1. The average Bonchev–Trinajstić information content (AvgIpc) is 3.31. The van der Waals surface area contributed by atoms with E-state index in [2.05, 4.69) is 20.7 Å². The van der Waals surface area contributed by atoms with Gasteiger partial charge in [0.15, 0.2) is 17.1 Å². The number of rotatable bonds is 9. The summed E-state index contributed by atoms with van der Waals surface area (Å²) in [5.41, 5.74) is 8.25. The number of aromatic nitrogens is 3. The van der Waals surface area contributed by atoms with Crippen LogP contribution in [0.5, 0.6) is 11.5 Å². The normalized spacial score (nSPS) is 17.7. The SMILES string of the molecule is CCn1ncc2c(NC3CCC(C(N)=O)CC3)c(C(=O)NCc3ccc(OC)c(OC)c3)cnc21. The average molecular weight is 481 g/mol. The van der Waals surface area contributed by atoms with E-state index in [1.54, 1.807) is 31.3 Å². The Morgan fingerprint density at radius 1 is 1.11 bits per heavy atom. The van der Waals surface area contributed by atoms with Crippen molar-refractivity contribution in [2.75, 3.05) is 19.5 Å². The van der Waals surface area contributed by atoms with Crippen molar-refractivity contribution in [3.63, 3.8) is 0 Å². The Morgan fingerprint density at radius 3 is 2.51 bits per heavy atom. The number of nitrogens with zero attached hydrogens (tertiary/aromatic N) is 3. The second-order valence-electron chi connectivity index (χ2n) is 8.71. The molecule has 1 saturated carbocycles. The van der Waals surface area contributed by atoms with Gasteiger partial charge in [0.1, 0.15) is 0 Å². The van der Waals surface area contributed by atoms with E-state index in [0.29, 0.717) is 35.8 Å². The number of benzene rings is 1. The number of carbonyl (C=O) groups is 2. The number of carbonyl (C=O) groups excluding carboxylic acids is 2. The smallest absolute Gasteiger partial charge is 0.255 e.